The summed E-state index contributed by atoms with van der Waals surface area (Å²) in [5.41, 5.74) is 0. The van der Waals surface area contributed by atoms with Gasteiger partial charge in [0.15, 0.2) is 12.4 Å². The molecule has 0 aromatic carbocycles. The smallest absolute Gasteiger partial charge is 0.325 e. The zero-order valence-corrected chi connectivity index (χ0v) is 14.8. The number of ether oxygens (including phenoxy) is 2. The number of rotatable bonds is 6. The molecule has 150 valence electrons. The fourth-order valence-electron chi connectivity index (χ4n) is 3.13. The average Bonchev–Trinajstić information content (AvgIpc) is 2.63. The van der Waals surface area contributed by atoms with Crippen molar-refractivity contribution < 1.29 is 39.5 Å². The third kappa shape index (κ3) is 5.35. The van der Waals surface area contributed by atoms with Crippen molar-refractivity contribution in [1.82, 2.24) is 10.2 Å². The number of esters is 1. The van der Waals surface area contributed by atoms with Crippen molar-refractivity contribution in [1.29, 1.82) is 0 Å². The van der Waals surface area contributed by atoms with Crippen molar-refractivity contribution in [2.45, 2.75) is 63.0 Å². The largest absolute Gasteiger partial charge is 0.461 e. The molecule has 0 aromatic heterocycles. The number of aliphatic hydroxyl groups excluding tert-OH is 4. The summed E-state index contributed by atoms with van der Waals surface area (Å²) in [4.78, 5) is 26.2. The maximum Gasteiger partial charge on any atom is 0.325 e. The first-order valence-corrected chi connectivity index (χ1v) is 8.90. The molecule has 0 bridgehead atoms. The predicted octanol–water partition coefficient (Wildman–Crippen LogP) is -2.68. The van der Waals surface area contributed by atoms with Gasteiger partial charge in [0.05, 0.1) is 0 Å². The summed E-state index contributed by atoms with van der Waals surface area (Å²) in [6, 6.07) is 0. The summed E-state index contributed by atoms with van der Waals surface area (Å²) in [5, 5.41) is 40.4. The number of hydrogen-bond acceptors (Lipinski definition) is 9. The Morgan fingerprint density at radius 2 is 1.77 bits per heavy atom. The first-order valence-electron chi connectivity index (χ1n) is 8.90. The van der Waals surface area contributed by atoms with Gasteiger partial charge in [-0.2, -0.15) is 0 Å². The van der Waals surface area contributed by atoms with Gasteiger partial charge < -0.3 is 40.1 Å². The summed E-state index contributed by atoms with van der Waals surface area (Å²) in [5.74, 6) is -1.50. The predicted molar refractivity (Wildman–Crippen MR) is 87.8 cm³/mol. The van der Waals surface area contributed by atoms with E-state index in [9.17, 15) is 30.0 Å². The van der Waals surface area contributed by atoms with Crippen LogP contribution in [0.3, 0.4) is 0 Å². The van der Waals surface area contributed by atoms with Gasteiger partial charge in [0.2, 0.25) is 0 Å². The highest BCUT2D eigenvalue weighted by Crippen LogP contribution is 2.20. The van der Waals surface area contributed by atoms with Gasteiger partial charge in [0.25, 0.3) is 5.91 Å². The summed E-state index contributed by atoms with van der Waals surface area (Å²) >= 11 is 0. The molecule has 5 atom stereocenters. The van der Waals surface area contributed by atoms with Gasteiger partial charge in [-0.25, -0.2) is 0 Å². The molecule has 10 heteroatoms. The van der Waals surface area contributed by atoms with Gasteiger partial charge in [-0.3, -0.25) is 9.59 Å². The number of hydrogen-bond donors (Lipinski definition) is 5. The summed E-state index contributed by atoms with van der Waals surface area (Å²) in [6.07, 6.45) is -6.26. The molecule has 0 saturated carbocycles. The highest BCUT2D eigenvalue weighted by Gasteiger charge is 2.46. The fourth-order valence-corrected chi connectivity index (χ4v) is 3.13. The summed E-state index contributed by atoms with van der Waals surface area (Å²) in [7, 11) is 0. The van der Waals surface area contributed by atoms with E-state index >= 15 is 0 Å². The molecule has 2 aliphatic heterocycles. The lowest BCUT2D eigenvalue weighted by molar-refractivity contribution is -0.275. The molecule has 0 unspecified atom stereocenters. The third-order valence-corrected chi connectivity index (χ3v) is 4.63. The number of likely N-dealkylation sites (tertiary alicyclic amines) is 1. The van der Waals surface area contributed by atoms with Crippen LogP contribution in [-0.2, 0) is 19.1 Å². The maximum absolute atomic E-state index is 12.0. The number of nitrogens with one attached hydrogen (secondary N) is 1. The van der Waals surface area contributed by atoms with Crippen LogP contribution >= 0.6 is 0 Å². The first-order chi connectivity index (χ1) is 12.3. The van der Waals surface area contributed by atoms with Crippen LogP contribution in [0.4, 0.5) is 0 Å². The normalized spacial score (nSPS) is 33.7. The highest BCUT2D eigenvalue weighted by atomic mass is 16.6. The Hall–Kier alpha value is -1.30. The van der Waals surface area contributed by atoms with Crippen LogP contribution in [0, 0.1) is 0 Å². The molecular weight excluding hydrogens is 348 g/mol. The van der Waals surface area contributed by atoms with Gasteiger partial charge in [-0.15, -0.1) is 0 Å². The lowest BCUT2D eigenvalue weighted by atomic mass is 9.98. The monoisotopic (exact) mass is 376 g/mol. The fraction of sp³-hybridized carbons (Fsp3) is 0.875. The van der Waals surface area contributed by atoms with Crippen molar-refractivity contribution >= 4 is 11.9 Å². The quantitative estimate of drug-likeness (QED) is 0.313. The van der Waals surface area contributed by atoms with Gasteiger partial charge in [0, 0.05) is 13.1 Å². The van der Waals surface area contributed by atoms with E-state index in [-0.39, 0.29) is 6.10 Å². The van der Waals surface area contributed by atoms with E-state index < -0.39 is 49.1 Å². The molecule has 2 rings (SSSR count). The van der Waals surface area contributed by atoms with E-state index in [1.165, 1.54) is 0 Å². The third-order valence-electron chi connectivity index (χ3n) is 4.63. The molecule has 0 spiro atoms. The summed E-state index contributed by atoms with van der Waals surface area (Å²) in [6.45, 7) is 4.43. The van der Waals surface area contributed by atoms with Gasteiger partial charge in [-0.05, 0) is 25.8 Å². The number of nitrogens with zero attached hydrogens (tertiary/aromatic N) is 1. The second-order valence-corrected chi connectivity index (χ2v) is 6.67. The Morgan fingerprint density at radius 1 is 1.12 bits per heavy atom. The van der Waals surface area contributed by atoms with Crippen LogP contribution in [0.15, 0.2) is 0 Å². The van der Waals surface area contributed by atoms with Crippen LogP contribution in [0.5, 0.6) is 0 Å². The average molecular weight is 376 g/mol. The minimum Gasteiger partial charge on any atom is -0.461 e. The lowest BCUT2D eigenvalue weighted by Crippen LogP contribution is -2.61. The maximum atomic E-state index is 12.0. The molecule has 10 nitrogen and oxygen atoms in total. The van der Waals surface area contributed by atoms with E-state index in [0.29, 0.717) is 0 Å². The van der Waals surface area contributed by atoms with E-state index in [4.69, 9.17) is 9.47 Å². The van der Waals surface area contributed by atoms with E-state index in [2.05, 4.69) is 17.1 Å². The second kappa shape index (κ2) is 9.58. The van der Waals surface area contributed by atoms with E-state index in [1.54, 1.807) is 0 Å². The van der Waals surface area contributed by atoms with Crippen LogP contribution in [-0.4, -0.2) is 100 Å². The molecule has 2 heterocycles. The summed E-state index contributed by atoms with van der Waals surface area (Å²) < 4.78 is 10.1. The van der Waals surface area contributed by atoms with Crippen molar-refractivity contribution in [3.63, 3.8) is 0 Å². The van der Waals surface area contributed by atoms with E-state index in [1.807, 2.05) is 0 Å². The van der Waals surface area contributed by atoms with Crippen molar-refractivity contribution in [3.8, 4) is 0 Å². The number of piperidine rings is 1. The molecular formula is C16H28N2O8. The van der Waals surface area contributed by atoms with Gasteiger partial charge >= 0.3 is 5.97 Å². The number of carbonyl (C=O) groups is 2. The molecule has 2 aliphatic rings. The van der Waals surface area contributed by atoms with Crippen LogP contribution in [0.2, 0.25) is 0 Å². The van der Waals surface area contributed by atoms with Crippen molar-refractivity contribution in [2.24, 2.45) is 0 Å². The molecule has 0 radical (unpaired) electrons. The van der Waals surface area contributed by atoms with E-state index in [0.717, 1.165) is 38.9 Å². The van der Waals surface area contributed by atoms with Gasteiger partial charge in [0.1, 0.15) is 31.0 Å². The molecule has 0 aromatic rings. The molecule has 2 saturated heterocycles. The Kier molecular flexibility index (Phi) is 7.74. The van der Waals surface area contributed by atoms with Crippen molar-refractivity contribution in [3.05, 3.63) is 0 Å². The highest BCUT2D eigenvalue weighted by molar-refractivity contribution is 5.85. The standard InChI is InChI=1S/C16H28N2O8/c1-2-5-18-6-3-9(4-7-18)25-10(19)8-17-15(23)14-12(21)11(20)13(22)16(24)26-14/h9,11-14,16,20-22,24H,2-8H2,1H3,(H,17,23)/t11-,12-,13+,14-,16+/m0/s1. The molecule has 1 amide bonds. The van der Waals surface area contributed by atoms with Crippen LogP contribution in [0.1, 0.15) is 26.2 Å². The molecule has 26 heavy (non-hydrogen) atoms. The Morgan fingerprint density at radius 3 is 2.38 bits per heavy atom. The zero-order valence-electron chi connectivity index (χ0n) is 14.8. The lowest BCUT2D eigenvalue weighted by Gasteiger charge is -2.37. The Bertz CT molecular complexity index is 483. The number of aliphatic hydroxyl groups is 4. The first kappa shape index (κ1) is 21.0. The minimum absolute atomic E-state index is 0.192. The zero-order chi connectivity index (χ0) is 19.3. The topological polar surface area (TPSA) is 149 Å². The molecule has 5 N–H and O–H groups in total. The minimum atomic E-state index is -1.82. The molecule has 0 aliphatic carbocycles. The second-order valence-electron chi connectivity index (χ2n) is 6.67. The van der Waals surface area contributed by atoms with Gasteiger partial charge in [-0.1, -0.05) is 6.92 Å². The number of amides is 1. The van der Waals surface area contributed by atoms with Crippen molar-refractivity contribution in [2.75, 3.05) is 26.2 Å². The Labute approximate surface area is 151 Å². The molecule has 2 fully saturated rings. The van der Waals surface area contributed by atoms with Crippen LogP contribution < -0.4 is 5.32 Å². The Balaban J connectivity index is 1.73. The number of carbonyl (C=O) groups excluding carboxylic acids is 2. The SMILES string of the molecule is CCCN1CCC(OC(=O)CNC(=O)[C@H]2O[C@@H](O)[C@H](O)[C@@H](O)[C@@H]2O)CC1. The van der Waals surface area contributed by atoms with Crippen LogP contribution in [0.25, 0.3) is 0 Å².